The maximum Gasteiger partial charge on any atom is 0.410 e. The predicted octanol–water partition coefficient (Wildman–Crippen LogP) is 9.35. The number of nitrogens with one attached hydrogen (secondary N) is 1. The number of alkyl carbamates (subject to hydrolysis) is 1. The first-order valence-corrected chi connectivity index (χ1v) is 22.4. The number of ketones is 1. The topological polar surface area (TPSA) is 113 Å². The Morgan fingerprint density at radius 3 is 1.88 bits per heavy atom. The van der Waals surface area contributed by atoms with Gasteiger partial charge in [0.05, 0.1) is 25.8 Å². The van der Waals surface area contributed by atoms with E-state index in [0.29, 0.717) is 11.1 Å². The molecule has 1 aliphatic rings. The van der Waals surface area contributed by atoms with Crippen LogP contribution in [0.1, 0.15) is 84.9 Å². The van der Waals surface area contributed by atoms with Crippen molar-refractivity contribution in [2.75, 3.05) is 26.4 Å². The molecule has 10 nitrogen and oxygen atoms in total. The predicted molar refractivity (Wildman–Crippen MR) is 218 cm³/mol. The van der Waals surface area contributed by atoms with Crippen LogP contribution in [0.3, 0.4) is 0 Å². The summed E-state index contributed by atoms with van der Waals surface area (Å²) in [7, 11) is -2.17. The lowest BCUT2D eigenvalue weighted by atomic mass is 9.82. The monoisotopic (exact) mass is 828 g/mol. The molecule has 2 amide bonds. The van der Waals surface area contributed by atoms with Crippen LogP contribution in [0.15, 0.2) is 66.7 Å². The Bertz CT molecular complexity index is 1830. The molecule has 1 fully saturated rings. The fraction of sp³-hybridized carbons (Fsp3) is 0.523. The van der Waals surface area contributed by atoms with Gasteiger partial charge in [0.25, 0.3) is 0 Å². The molecule has 0 unspecified atom stereocenters. The van der Waals surface area contributed by atoms with Gasteiger partial charge in [0, 0.05) is 17.9 Å². The summed E-state index contributed by atoms with van der Waals surface area (Å²) < 4.78 is 73.8. The minimum Gasteiger partial charge on any atom is -0.487 e. The van der Waals surface area contributed by atoms with Crippen molar-refractivity contribution in [3.63, 3.8) is 0 Å². The number of carbonyl (C=O) groups excluding carboxylic acids is 3. The minimum atomic E-state index is -2.17. The van der Waals surface area contributed by atoms with Crippen molar-refractivity contribution in [1.29, 1.82) is 0 Å². The van der Waals surface area contributed by atoms with Crippen molar-refractivity contribution in [1.82, 2.24) is 10.2 Å². The van der Waals surface area contributed by atoms with E-state index in [1.54, 1.807) is 46.4 Å². The highest BCUT2D eigenvalue weighted by molar-refractivity contribution is 6.74. The molecular formula is C44H59F3N2O8Si. The van der Waals surface area contributed by atoms with Crippen LogP contribution >= 0.6 is 0 Å². The smallest absolute Gasteiger partial charge is 0.410 e. The van der Waals surface area contributed by atoms with Crippen molar-refractivity contribution in [2.24, 2.45) is 0 Å². The van der Waals surface area contributed by atoms with Gasteiger partial charge in [-0.25, -0.2) is 22.8 Å². The van der Waals surface area contributed by atoms with E-state index in [1.807, 2.05) is 0 Å². The van der Waals surface area contributed by atoms with Gasteiger partial charge in [-0.2, -0.15) is 0 Å². The number of nitrogens with zero attached hydrogens (tertiary/aromatic N) is 1. The molecule has 0 spiro atoms. The Labute approximate surface area is 341 Å². The van der Waals surface area contributed by atoms with Gasteiger partial charge in [-0.1, -0.05) is 57.2 Å². The molecule has 3 aromatic carbocycles. The maximum atomic E-state index is 15.6. The van der Waals surface area contributed by atoms with Crippen molar-refractivity contribution < 1.29 is 50.9 Å². The van der Waals surface area contributed by atoms with Gasteiger partial charge in [-0.3, -0.25) is 9.69 Å². The van der Waals surface area contributed by atoms with E-state index in [9.17, 15) is 23.2 Å². The average molecular weight is 829 g/mol. The number of morpholine rings is 1. The van der Waals surface area contributed by atoms with Gasteiger partial charge in [-0.15, -0.1) is 0 Å². The molecule has 1 aliphatic heterocycles. The molecule has 4 rings (SSSR count). The molecular weight excluding hydrogens is 770 g/mol. The molecule has 1 saturated heterocycles. The van der Waals surface area contributed by atoms with Crippen LogP contribution in [0.5, 0.6) is 5.75 Å². The van der Waals surface area contributed by atoms with Crippen LogP contribution in [0, 0.1) is 17.5 Å². The van der Waals surface area contributed by atoms with Gasteiger partial charge in [0.1, 0.15) is 41.6 Å². The second-order valence-corrected chi connectivity index (χ2v) is 23.0. The lowest BCUT2D eigenvalue weighted by Gasteiger charge is -2.42. The molecule has 0 aliphatic carbocycles. The number of ether oxygens (including phenoxy) is 4. The number of benzene rings is 3. The lowest BCUT2D eigenvalue weighted by Crippen LogP contribution is -2.57. The molecule has 3 atom stereocenters. The standard InChI is InChI=1S/C44H59F3N2O8Si/c1-42(2,3)56-40(51)48-38(37(28-15-19-31(45)20-16-28)29-17-21-32(46)22-18-29)36(50)23-30-13-12-14-35(47)39(30)54-27-34-24-49(41(52)57-43(4,5)6)33(25-53-34)26-55-58(10,11)44(7,8)9/h12-22,33-34,37-38H,23-27H2,1-11H3,(H,48,51)/t33-,34-,38+/m0/s1. The molecule has 0 bridgehead atoms. The first kappa shape index (κ1) is 46.3. The van der Waals surface area contributed by atoms with Crippen molar-refractivity contribution in [3.05, 3.63) is 101 Å². The summed E-state index contributed by atoms with van der Waals surface area (Å²) in [4.78, 5) is 42.8. The fourth-order valence-corrected chi connectivity index (χ4v) is 7.13. The summed E-state index contributed by atoms with van der Waals surface area (Å²) in [5.41, 5.74) is -0.590. The van der Waals surface area contributed by atoms with E-state index < -0.39 is 85.5 Å². The first-order chi connectivity index (χ1) is 26.8. The number of hydrogen-bond acceptors (Lipinski definition) is 8. The maximum absolute atomic E-state index is 15.6. The molecule has 318 valence electrons. The Morgan fingerprint density at radius 1 is 0.810 bits per heavy atom. The highest BCUT2D eigenvalue weighted by Gasteiger charge is 2.41. The summed E-state index contributed by atoms with van der Waals surface area (Å²) in [6.07, 6.45) is -2.53. The van der Waals surface area contributed by atoms with Crippen molar-refractivity contribution >= 4 is 26.3 Å². The Morgan fingerprint density at radius 2 is 1.36 bits per heavy atom. The molecule has 0 aromatic heterocycles. The highest BCUT2D eigenvalue weighted by Crippen LogP contribution is 2.37. The number of Topliss-reactive ketones (excluding diaryl/α,β-unsaturated/α-hetero) is 1. The summed E-state index contributed by atoms with van der Waals surface area (Å²) in [6, 6.07) is 13.2. The number of carbonyl (C=O) groups is 3. The highest BCUT2D eigenvalue weighted by atomic mass is 28.4. The third-order valence-electron chi connectivity index (χ3n) is 10.1. The fourth-order valence-electron chi connectivity index (χ4n) is 6.09. The molecule has 14 heteroatoms. The van der Waals surface area contributed by atoms with E-state index in [1.165, 1.54) is 66.7 Å². The van der Waals surface area contributed by atoms with E-state index >= 15 is 4.39 Å². The third kappa shape index (κ3) is 13.1. The van der Waals surface area contributed by atoms with E-state index in [2.05, 4.69) is 39.2 Å². The van der Waals surface area contributed by atoms with Crippen molar-refractivity contribution in [2.45, 2.75) is 122 Å². The van der Waals surface area contributed by atoms with E-state index in [4.69, 9.17) is 23.4 Å². The van der Waals surface area contributed by atoms with Crippen LogP contribution in [-0.2, 0) is 29.9 Å². The average Bonchev–Trinajstić information content (AvgIpc) is 3.10. The summed E-state index contributed by atoms with van der Waals surface area (Å²) in [6.45, 7) is 21.3. The van der Waals surface area contributed by atoms with Crippen LogP contribution in [0.25, 0.3) is 0 Å². The molecule has 0 radical (unpaired) electrons. The van der Waals surface area contributed by atoms with Gasteiger partial charge >= 0.3 is 12.2 Å². The van der Waals surface area contributed by atoms with Gasteiger partial charge in [-0.05, 0) is 101 Å². The second kappa shape index (κ2) is 18.7. The van der Waals surface area contributed by atoms with Crippen LogP contribution in [0.2, 0.25) is 18.1 Å². The quantitative estimate of drug-likeness (QED) is 0.170. The number of hydrogen-bond donors (Lipinski definition) is 1. The number of halogens is 3. The van der Waals surface area contributed by atoms with Crippen LogP contribution in [-0.4, -0.2) is 86.9 Å². The Hall–Kier alpha value is -4.40. The first-order valence-electron chi connectivity index (χ1n) is 19.5. The normalized spacial score (nSPS) is 17.1. The molecule has 1 heterocycles. The summed E-state index contributed by atoms with van der Waals surface area (Å²) >= 11 is 0. The molecule has 1 N–H and O–H groups in total. The number of rotatable bonds is 13. The Kier molecular flexibility index (Phi) is 14.9. The molecule has 3 aromatic rings. The zero-order valence-corrected chi connectivity index (χ0v) is 36.5. The SMILES string of the molecule is CC(C)(C)OC(=O)N[C@H](C(=O)Cc1cccc(F)c1OC[C@@H]1CN(C(=O)OC(C)(C)C)[C@H](CO[Si](C)(C)C(C)(C)C)CO1)C(c1ccc(F)cc1)c1ccc(F)cc1. The van der Waals surface area contributed by atoms with E-state index in [0.717, 1.165) is 0 Å². The third-order valence-corrected chi connectivity index (χ3v) is 14.6. The minimum absolute atomic E-state index is 0.0524. The zero-order chi connectivity index (χ0) is 43.2. The second-order valence-electron chi connectivity index (χ2n) is 18.2. The van der Waals surface area contributed by atoms with Gasteiger partial charge < -0.3 is 28.7 Å². The summed E-state index contributed by atoms with van der Waals surface area (Å²) in [5, 5.41) is 2.64. The molecule has 58 heavy (non-hydrogen) atoms. The number of para-hydroxylation sites is 1. The van der Waals surface area contributed by atoms with Gasteiger partial charge in [0.2, 0.25) is 0 Å². The van der Waals surface area contributed by atoms with Crippen molar-refractivity contribution in [3.8, 4) is 5.75 Å². The molecule has 0 saturated carbocycles. The zero-order valence-electron chi connectivity index (χ0n) is 35.5. The van der Waals surface area contributed by atoms with Gasteiger partial charge in [0.15, 0.2) is 25.7 Å². The lowest BCUT2D eigenvalue weighted by molar-refractivity contribution is -0.120. The van der Waals surface area contributed by atoms with Crippen LogP contribution < -0.4 is 10.1 Å². The Balaban J connectivity index is 1.61. The number of amides is 2. The largest absolute Gasteiger partial charge is 0.487 e. The summed E-state index contributed by atoms with van der Waals surface area (Å²) in [5.74, 6) is -3.47. The van der Waals surface area contributed by atoms with E-state index in [-0.39, 0.29) is 42.7 Å². The van der Waals surface area contributed by atoms with Crippen LogP contribution in [0.4, 0.5) is 22.8 Å².